The minimum atomic E-state index is -0.0458. The van der Waals surface area contributed by atoms with Crippen molar-refractivity contribution in [3.63, 3.8) is 0 Å². The largest absolute Gasteiger partial charge is 0.396 e. The van der Waals surface area contributed by atoms with Crippen molar-refractivity contribution in [1.82, 2.24) is 9.80 Å². The summed E-state index contributed by atoms with van der Waals surface area (Å²) >= 11 is 0. The molecule has 1 unspecified atom stereocenters. The van der Waals surface area contributed by atoms with Crippen LogP contribution in [-0.2, 0) is 9.59 Å². The van der Waals surface area contributed by atoms with Crippen LogP contribution in [-0.4, -0.2) is 59.5 Å². The Morgan fingerprint density at radius 2 is 1.72 bits per heavy atom. The zero-order chi connectivity index (χ0) is 18.4. The second-order valence-electron chi connectivity index (χ2n) is 8.82. The minimum Gasteiger partial charge on any atom is -0.396 e. The van der Waals surface area contributed by atoms with E-state index in [2.05, 4.69) is 13.8 Å². The van der Waals surface area contributed by atoms with Crippen molar-refractivity contribution in [2.45, 2.75) is 65.7 Å². The normalized spacial score (nSPS) is 24.6. The second kappa shape index (κ2) is 9.02. The molecule has 1 N–H and O–H groups in total. The Kier molecular flexibility index (Phi) is 7.29. The third-order valence-corrected chi connectivity index (χ3v) is 5.70. The molecule has 0 radical (unpaired) electrons. The molecule has 5 heteroatoms. The van der Waals surface area contributed by atoms with E-state index in [1.807, 2.05) is 16.7 Å². The highest BCUT2D eigenvalue weighted by Gasteiger charge is 2.33. The molecule has 0 aliphatic carbocycles. The number of carbonyl (C=O) groups excluding carboxylic acids is 2. The first-order valence-corrected chi connectivity index (χ1v) is 10.0. The van der Waals surface area contributed by atoms with E-state index in [1.54, 1.807) is 0 Å². The highest BCUT2D eigenvalue weighted by molar-refractivity contribution is 5.77. The SMILES string of the molecule is CCCC(=O)N1CCCC(CC(C)(C)CC(=O)N2CC[C@H](CO)C2)C1. The number of aliphatic hydroxyl groups excluding tert-OH is 1. The van der Waals surface area contributed by atoms with E-state index in [0.29, 0.717) is 25.3 Å². The van der Waals surface area contributed by atoms with Crippen molar-refractivity contribution in [3.8, 4) is 0 Å². The van der Waals surface area contributed by atoms with E-state index in [9.17, 15) is 14.7 Å². The van der Waals surface area contributed by atoms with Gasteiger partial charge in [0.1, 0.15) is 0 Å². The van der Waals surface area contributed by atoms with Gasteiger partial charge in [-0.15, -0.1) is 0 Å². The maximum absolute atomic E-state index is 12.6. The molecular formula is C20H36N2O3. The third-order valence-electron chi connectivity index (χ3n) is 5.70. The smallest absolute Gasteiger partial charge is 0.223 e. The highest BCUT2D eigenvalue weighted by atomic mass is 16.3. The molecule has 144 valence electrons. The summed E-state index contributed by atoms with van der Waals surface area (Å²) in [7, 11) is 0. The van der Waals surface area contributed by atoms with Crippen LogP contribution in [0.3, 0.4) is 0 Å². The average molecular weight is 353 g/mol. The standard InChI is InChI=1S/C20H36N2O3/c1-4-6-18(24)21-9-5-7-16(13-21)11-20(2,3)12-19(25)22-10-8-17(14-22)15-23/h16-17,23H,4-15H2,1-3H3/t16?,17-/m0/s1. The molecule has 0 aromatic rings. The van der Waals surface area contributed by atoms with Gasteiger partial charge >= 0.3 is 0 Å². The van der Waals surface area contributed by atoms with E-state index in [4.69, 9.17) is 0 Å². The molecule has 25 heavy (non-hydrogen) atoms. The summed E-state index contributed by atoms with van der Waals surface area (Å²) < 4.78 is 0. The number of aliphatic hydroxyl groups is 1. The summed E-state index contributed by atoms with van der Waals surface area (Å²) in [5.74, 6) is 1.26. The van der Waals surface area contributed by atoms with E-state index >= 15 is 0 Å². The fourth-order valence-electron chi connectivity index (χ4n) is 4.41. The minimum absolute atomic E-state index is 0.0458. The molecule has 2 rings (SSSR count). The Morgan fingerprint density at radius 1 is 1.04 bits per heavy atom. The van der Waals surface area contributed by atoms with Crippen molar-refractivity contribution in [2.24, 2.45) is 17.3 Å². The molecule has 2 fully saturated rings. The first kappa shape index (κ1) is 20.2. The van der Waals surface area contributed by atoms with Gasteiger partial charge in [-0.25, -0.2) is 0 Å². The molecular weight excluding hydrogens is 316 g/mol. The first-order valence-electron chi connectivity index (χ1n) is 10.0. The fraction of sp³-hybridized carbons (Fsp3) is 0.900. The van der Waals surface area contributed by atoms with Crippen LogP contribution < -0.4 is 0 Å². The second-order valence-corrected chi connectivity index (χ2v) is 8.82. The summed E-state index contributed by atoms with van der Waals surface area (Å²) in [6, 6.07) is 0. The zero-order valence-corrected chi connectivity index (χ0v) is 16.3. The zero-order valence-electron chi connectivity index (χ0n) is 16.3. The first-order chi connectivity index (χ1) is 11.8. The van der Waals surface area contributed by atoms with Crippen LogP contribution in [0.2, 0.25) is 0 Å². The van der Waals surface area contributed by atoms with Crippen LogP contribution in [0, 0.1) is 17.3 Å². The van der Waals surface area contributed by atoms with Gasteiger partial charge in [-0.05, 0) is 43.4 Å². The maximum atomic E-state index is 12.6. The van der Waals surface area contributed by atoms with Crippen LogP contribution in [0.1, 0.15) is 65.7 Å². The van der Waals surface area contributed by atoms with Gasteiger partial charge in [0.2, 0.25) is 11.8 Å². The quantitative estimate of drug-likeness (QED) is 0.766. The van der Waals surface area contributed by atoms with Gasteiger partial charge < -0.3 is 14.9 Å². The van der Waals surface area contributed by atoms with Crippen molar-refractivity contribution < 1.29 is 14.7 Å². The molecule has 2 heterocycles. The number of carbonyl (C=O) groups is 2. The fourth-order valence-corrected chi connectivity index (χ4v) is 4.41. The highest BCUT2D eigenvalue weighted by Crippen LogP contribution is 2.34. The summed E-state index contributed by atoms with van der Waals surface area (Å²) in [6.07, 6.45) is 6.26. The van der Waals surface area contributed by atoms with Gasteiger partial charge in [0.15, 0.2) is 0 Å². The summed E-state index contributed by atoms with van der Waals surface area (Å²) in [4.78, 5) is 28.7. The number of hydrogen-bond acceptors (Lipinski definition) is 3. The van der Waals surface area contributed by atoms with Crippen LogP contribution in [0.4, 0.5) is 0 Å². The lowest BCUT2D eigenvalue weighted by Crippen LogP contribution is -2.41. The predicted octanol–water partition coefficient (Wildman–Crippen LogP) is 2.67. The Morgan fingerprint density at radius 3 is 2.36 bits per heavy atom. The molecule has 0 bridgehead atoms. The van der Waals surface area contributed by atoms with Gasteiger partial charge in [0.25, 0.3) is 0 Å². The van der Waals surface area contributed by atoms with E-state index in [-0.39, 0.29) is 29.8 Å². The van der Waals surface area contributed by atoms with Crippen molar-refractivity contribution in [1.29, 1.82) is 0 Å². The van der Waals surface area contributed by atoms with E-state index < -0.39 is 0 Å². The van der Waals surface area contributed by atoms with E-state index in [1.165, 1.54) is 0 Å². The van der Waals surface area contributed by atoms with Gasteiger partial charge in [-0.3, -0.25) is 9.59 Å². The maximum Gasteiger partial charge on any atom is 0.223 e. The summed E-state index contributed by atoms with van der Waals surface area (Å²) in [6.45, 7) is 9.81. The van der Waals surface area contributed by atoms with E-state index in [0.717, 1.165) is 51.7 Å². The Balaban J connectivity index is 1.83. The molecule has 0 saturated carbocycles. The van der Waals surface area contributed by atoms with Crippen molar-refractivity contribution in [3.05, 3.63) is 0 Å². The van der Waals surface area contributed by atoms with Gasteiger partial charge in [-0.1, -0.05) is 20.8 Å². The molecule has 2 amide bonds. The Hall–Kier alpha value is -1.10. The molecule has 2 saturated heterocycles. The number of amides is 2. The summed E-state index contributed by atoms with van der Waals surface area (Å²) in [5, 5.41) is 9.25. The number of rotatable bonds is 7. The van der Waals surface area contributed by atoms with Crippen molar-refractivity contribution >= 4 is 11.8 Å². The molecule has 2 aliphatic heterocycles. The molecule has 0 spiro atoms. The topological polar surface area (TPSA) is 60.9 Å². The van der Waals surface area contributed by atoms with Crippen molar-refractivity contribution in [2.75, 3.05) is 32.8 Å². The average Bonchev–Trinajstić information content (AvgIpc) is 3.03. The lowest BCUT2D eigenvalue weighted by molar-refractivity contribution is -0.135. The van der Waals surface area contributed by atoms with Crippen LogP contribution in [0.25, 0.3) is 0 Å². The summed E-state index contributed by atoms with van der Waals surface area (Å²) in [5.41, 5.74) is -0.0458. The van der Waals surface area contributed by atoms with Crippen LogP contribution in [0.15, 0.2) is 0 Å². The Labute approximate surface area is 152 Å². The Bertz CT molecular complexity index is 464. The number of hydrogen-bond donors (Lipinski definition) is 1. The van der Waals surface area contributed by atoms with Gasteiger partial charge in [0.05, 0.1) is 0 Å². The third kappa shape index (κ3) is 5.98. The number of likely N-dealkylation sites (tertiary alicyclic amines) is 2. The molecule has 2 atom stereocenters. The molecule has 2 aliphatic rings. The monoisotopic (exact) mass is 352 g/mol. The van der Waals surface area contributed by atoms with Crippen LogP contribution >= 0.6 is 0 Å². The van der Waals surface area contributed by atoms with Gasteiger partial charge in [-0.2, -0.15) is 0 Å². The molecule has 0 aromatic carbocycles. The lowest BCUT2D eigenvalue weighted by Gasteiger charge is -2.37. The van der Waals surface area contributed by atoms with Gasteiger partial charge in [0, 0.05) is 51.5 Å². The number of piperidine rings is 1. The number of nitrogens with zero attached hydrogens (tertiary/aromatic N) is 2. The molecule has 0 aromatic heterocycles. The van der Waals surface area contributed by atoms with Crippen LogP contribution in [0.5, 0.6) is 0 Å². The predicted molar refractivity (Wildman–Crippen MR) is 99.0 cm³/mol. The lowest BCUT2D eigenvalue weighted by atomic mass is 9.77. The molecule has 5 nitrogen and oxygen atoms in total.